The molecule has 0 radical (unpaired) electrons. The number of allylic oxidation sites excluding steroid dienone is 3. The van der Waals surface area contributed by atoms with E-state index in [4.69, 9.17) is 0 Å². The topological polar surface area (TPSA) is 80.9 Å². The summed E-state index contributed by atoms with van der Waals surface area (Å²) in [7, 11) is 0. The standard InChI is InChI=1S/C31H44F6O4/c1-27(2,40)14-4-7-21(9-6-16-29(41,30(32,33)34)31(35,36)37)25-12-13-26-22(8-5-15-28(25,26)3)11-10-20-17-23(38)19-24(39)18-20/h10-11,21,23-26,38-41H,4-5,7-9,12-15,17-19H2,1-3H3/b20-10-,22-11+/t21?,23?,24-,25-,26?,28-/m1/s1. The number of aliphatic hydroxyl groups excluding tert-OH is 2. The SMILES string of the molecule is CC(C)(O)CCCC(CC#CC(O)(C(F)(F)F)C(F)(F)F)[C@H]1CCC2/C(=C/C=C3/CC(O)C[C@H](O)C3)CCC[C@@]21C. The van der Waals surface area contributed by atoms with Gasteiger partial charge in [0.05, 0.1) is 17.8 Å². The lowest BCUT2D eigenvalue weighted by Crippen LogP contribution is -2.55. The minimum absolute atomic E-state index is 0.00292. The molecular formula is C31H44F6O4. The van der Waals surface area contributed by atoms with E-state index in [0.717, 1.165) is 43.6 Å². The predicted octanol–water partition coefficient (Wildman–Crippen LogP) is 6.77. The second-order valence-electron chi connectivity index (χ2n) is 13.3. The Morgan fingerprint density at radius 3 is 2.15 bits per heavy atom. The van der Waals surface area contributed by atoms with Crippen molar-refractivity contribution in [2.45, 2.75) is 134 Å². The first kappa shape index (κ1) is 34.0. The van der Waals surface area contributed by atoms with Crippen molar-refractivity contribution in [3.05, 3.63) is 23.3 Å². The highest BCUT2D eigenvalue weighted by Crippen LogP contribution is 2.60. The predicted molar refractivity (Wildman–Crippen MR) is 143 cm³/mol. The van der Waals surface area contributed by atoms with Gasteiger partial charge in [-0.15, -0.1) is 0 Å². The third-order valence-corrected chi connectivity index (χ3v) is 9.50. The van der Waals surface area contributed by atoms with Crippen LogP contribution in [-0.4, -0.2) is 56.2 Å². The first-order chi connectivity index (χ1) is 18.8. The third-order valence-electron chi connectivity index (χ3n) is 9.50. The maximum Gasteiger partial charge on any atom is 0.438 e. The molecule has 0 aromatic heterocycles. The largest absolute Gasteiger partial charge is 0.438 e. The van der Waals surface area contributed by atoms with Gasteiger partial charge in [0, 0.05) is 6.42 Å². The fourth-order valence-electron chi connectivity index (χ4n) is 7.44. The lowest BCUT2D eigenvalue weighted by molar-refractivity contribution is -0.343. The molecule has 0 spiro atoms. The average Bonchev–Trinajstić information content (AvgIpc) is 3.16. The zero-order valence-corrected chi connectivity index (χ0v) is 24.1. The molecule has 4 nitrogen and oxygen atoms in total. The van der Waals surface area contributed by atoms with Gasteiger partial charge in [0.15, 0.2) is 0 Å². The molecule has 0 aromatic rings. The fraction of sp³-hybridized carbons (Fsp3) is 0.806. The van der Waals surface area contributed by atoms with Gasteiger partial charge < -0.3 is 20.4 Å². The summed E-state index contributed by atoms with van der Waals surface area (Å²) < 4.78 is 79.2. The molecule has 3 unspecified atom stereocenters. The Morgan fingerprint density at radius 1 is 0.976 bits per heavy atom. The molecule has 3 saturated carbocycles. The molecule has 0 bridgehead atoms. The number of hydrogen-bond donors (Lipinski definition) is 4. The van der Waals surface area contributed by atoms with Crippen LogP contribution in [0.25, 0.3) is 0 Å². The van der Waals surface area contributed by atoms with E-state index < -0.39 is 35.8 Å². The minimum atomic E-state index is -5.99. The van der Waals surface area contributed by atoms with Crippen LogP contribution in [0.2, 0.25) is 0 Å². The molecular weight excluding hydrogens is 550 g/mol. The normalized spacial score (nSPS) is 32.5. The van der Waals surface area contributed by atoms with E-state index in [9.17, 15) is 46.8 Å². The fourth-order valence-corrected chi connectivity index (χ4v) is 7.44. The van der Waals surface area contributed by atoms with E-state index in [1.54, 1.807) is 13.8 Å². The summed E-state index contributed by atoms with van der Waals surface area (Å²) in [6.07, 6.45) is -2.19. The van der Waals surface area contributed by atoms with Crippen molar-refractivity contribution < 1.29 is 46.8 Å². The number of rotatable bonds is 7. The highest BCUT2D eigenvalue weighted by Gasteiger charge is 2.70. The molecule has 0 saturated heterocycles. The highest BCUT2D eigenvalue weighted by molar-refractivity contribution is 5.27. The molecule has 3 rings (SSSR count). The van der Waals surface area contributed by atoms with Gasteiger partial charge in [-0.1, -0.05) is 42.6 Å². The van der Waals surface area contributed by atoms with Crippen LogP contribution < -0.4 is 0 Å². The Balaban J connectivity index is 1.87. The molecule has 0 amide bonds. The van der Waals surface area contributed by atoms with Crippen molar-refractivity contribution >= 4 is 0 Å². The van der Waals surface area contributed by atoms with Crippen molar-refractivity contribution in [3.8, 4) is 11.8 Å². The molecule has 234 valence electrons. The molecule has 0 aliphatic heterocycles. The molecule has 41 heavy (non-hydrogen) atoms. The van der Waals surface area contributed by atoms with Gasteiger partial charge in [-0.05, 0) is 107 Å². The Labute approximate surface area is 238 Å². The van der Waals surface area contributed by atoms with E-state index in [2.05, 4.69) is 18.9 Å². The first-order valence-corrected chi connectivity index (χ1v) is 14.6. The van der Waals surface area contributed by atoms with Crippen LogP contribution in [0.3, 0.4) is 0 Å². The number of fused-ring (bicyclic) bond motifs is 1. The summed E-state index contributed by atoms with van der Waals surface area (Å²) in [5.41, 5.74) is -4.05. The summed E-state index contributed by atoms with van der Waals surface area (Å²) >= 11 is 0. The van der Waals surface area contributed by atoms with Crippen LogP contribution in [0, 0.1) is 35.0 Å². The van der Waals surface area contributed by atoms with Crippen LogP contribution in [0.1, 0.15) is 97.8 Å². The molecule has 6 atom stereocenters. The van der Waals surface area contributed by atoms with E-state index in [1.807, 2.05) is 6.08 Å². The minimum Gasteiger partial charge on any atom is -0.393 e. The molecule has 10 heteroatoms. The molecule has 0 heterocycles. The Morgan fingerprint density at radius 2 is 1.59 bits per heavy atom. The van der Waals surface area contributed by atoms with Crippen LogP contribution in [0.4, 0.5) is 26.3 Å². The second-order valence-corrected chi connectivity index (χ2v) is 13.3. The van der Waals surface area contributed by atoms with Crippen LogP contribution in [0.15, 0.2) is 23.3 Å². The van der Waals surface area contributed by atoms with Gasteiger partial charge in [0.1, 0.15) is 0 Å². The highest BCUT2D eigenvalue weighted by atomic mass is 19.4. The summed E-state index contributed by atoms with van der Waals surface area (Å²) in [6, 6.07) is 0. The average molecular weight is 595 g/mol. The van der Waals surface area contributed by atoms with Crippen molar-refractivity contribution in [3.63, 3.8) is 0 Å². The van der Waals surface area contributed by atoms with Gasteiger partial charge >= 0.3 is 18.0 Å². The lowest BCUT2D eigenvalue weighted by atomic mass is 9.60. The van der Waals surface area contributed by atoms with Crippen molar-refractivity contribution in [2.24, 2.45) is 23.2 Å². The van der Waals surface area contributed by atoms with Gasteiger partial charge in [-0.3, -0.25) is 0 Å². The molecule has 3 aliphatic rings. The Bertz CT molecular complexity index is 1000. The molecule has 3 fully saturated rings. The maximum absolute atomic E-state index is 13.2. The van der Waals surface area contributed by atoms with E-state index >= 15 is 0 Å². The summed E-state index contributed by atoms with van der Waals surface area (Å²) in [6.45, 7) is 5.46. The molecule has 0 aromatic carbocycles. The van der Waals surface area contributed by atoms with Crippen LogP contribution in [-0.2, 0) is 0 Å². The van der Waals surface area contributed by atoms with E-state index in [0.29, 0.717) is 38.5 Å². The first-order valence-electron chi connectivity index (χ1n) is 14.6. The Hall–Kier alpha value is -1.54. The number of halogens is 6. The quantitative estimate of drug-likeness (QED) is 0.194. The lowest BCUT2D eigenvalue weighted by Gasteiger charge is -2.45. The number of hydrogen-bond acceptors (Lipinski definition) is 4. The van der Waals surface area contributed by atoms with Crippen molar-refractivity contribution in [1.29, 1.82) is 0 Å². The van der Waals surface area contributed by atoms with E-state index in [1.165, 1.54) is 5.57 Å². The van der Waals surface area contributed by atoms with Gasteiger partial charge in [0.2, 0.25) is 0 Å². The van der Waals surface area contributed by atoms with Crippen molar-refractivity contribution in [2.75, 3.05) is 0 Å². The maximum atomic E-state index is 13.2. The number of aliphatic hydroxyl groups is 4. The second kappa shape index (κ2) is 12.6. The molecule has 3 aliphatic carbocycles. The third kappa shape index (κ3) is 8.10. The van der Waals surface area contributed by atoms with Gasteiger partial charge in [-0.25, -0.2) is 0 Å². The number of alkyl halides is 6. The Kier molecular flexibility index (Phi) is 10.4. The summed E-state index contributed by atoms with van der Waals surface area (Å²) in [4.78, 5) is 0. The molecule has 4 N–H and O–H groups in total. The zero-order chi connectivity index (χ0) is 30.9. The zero-order valence-electron chi connectivity index (χ0n) is 24.1. The van der Waals surface area contributed by atoms with Gasteiger partial charge in [0.25, 0.3) is 0 Å². The van der Waals surface area contributed by atoms with Crippen molar-refractivity contribution in [1.82, 2.24) is 0 Å². The smallest absolute Gasteiger partial charge is 0.393 e. The van der Waals surface area contributed by atoms with E-state index in [-0.39, 0.29) is 29.6 Å². The van der Waals surface area contributed by atoms with Crippen LogP contribution in [0.5, 0.6) is 0 Å². The van der Waals surface area contributed by atoms with Gasteiger partial charge in [-0.2, -0.15) is 26.3 Å². The summed E-state index contributed by atoms with van der Waals surface area (Å²) in [5.74, 6) is 3.13. The van der Waals surface area contributed by atoms with Crippen LogP contribution >= 0.6 is 0 Å². The monoisotopic (exact) mass is 594 g/mol. The summed E-state index contributed by atoms with van der Waals surface area (Å²) in [5, 5.41) is 39.7.